The van der Waals surface area contributed by atoms with Crippen LogP contribution in [0.5, 0.6) is 11.5 Å². The number of carbonyl (C=O) groups excluding carboxylic acids is 2. The average Bonchev–Trinajstić information content (AvgIpc) is 2.90. The average molecular weight is 617 g/mol. The molecule has 0 fully saturated rings. The number of nitrogens with zero attached hydrogens (tertiary/aromatic N) is 2. The smallest absolute Gasteiger partial charge is 0.244 e. The molecule has 10 heteroatoms. The van der Waals surface area contributed by atoms with Crippen molar-refractivity contribution in [1.82, 2.24) is 10.2 Å². The lowest BCUT2D eigenvalue weighted by molar-refractivity contribution is -0.139. The number of hydrogen-bond donors (Lipinski definition) is 1. The summed E-state index contributed by atoms with van der Waals surface area (Å²) >= 11 is 3.44. The Labute approximate surface area is 239 Å². The van der Waals surface area contributed by atoms with E-state index in [-0.39, 0.29) is 18.5 Å². The molecular formula is C29H34BrN3O5S. The van der Waals surface area contributed by atoms with E-state index in [1.54, 1.807) is 31.2 Å². The Morgan fingerprint density at radius 2 is 1.59 bits per heavy atom. The second kappa shape index (κ2) is 13.6. The van der Waals surface area contributed by atoms with Gasteiger partial charge in [-0.05, 0) is 74.4 Å². The third-order valence-electron chi connectivity index (χ3n) is 6.19. The SMILES string of the molecule is CC[C@@H](C)NC(=O)[C@H](C)N(Cc1cccc(Br)c1)C(=O)CN(c1ccc(Oc2ccccc2)cc1)S(C)(=O)=O. The van der Waals surface area contributed by atoms with E-state index in [9.17, 15) is 18.0 Å². The van der Waals surface area contributed by atoms with Gasteiger partial charge in [-0.3, -0.25) is 13.9 Å². The number of amides is 2. The largest absolute Gasteiger partial charge is 0.457 e. The molecule has 1 N–H and O–H groups in total. The summed E-state index contributed by atoms with van der Waals surface area (Å²) in [6.45, 7) is 5.16. The van der Waals surface area contributed by atoms with Crippen LogP contribution in [0, 0.1) is 0 Å². The van der Waals surface area contributed by atoms with Crippen LogP contribution in [0.2, 0.25) is 0 Å². The first-order valence-corrected chi connectivity index (χ1v) is 15.3. The van der Waals surface area contributed by atoms with Gasteiger partial charge in [0, 0.05) is 17.1 Å². The van der Waals surface area contributed by atoms with E-state index in [0.29, 0.717) is 17.2 Å². The molecule has 0 radical (unpaired) electrons. The molecule has 0 aliphatic carbocycles. The van der Waals surface area contributed by atoms with Gasteiger partial charge in [-0.2, -0.15) is 0 Å². The Morgan fingerprint density at radius 1 is 0.949 bits per heavy atom. The molecule has 0 aromatic heterocycles. The Bertz CT molecular complexity index is 1370. The second-order valence-corrected chi connectivity index (χ2v) is 12.1. The maximum Gasteiger partial charge on any atom is 0.244 e. The van der Waals surface area contributed by atoms with E-state index in [1.807, 2.05) is 68.4 Å². The van der Waals surface area contributed by atoms with Gasteiger partial charge < -0.3 is 15.0 Å². The zero-order valence-electron chi connectivity index (χ0n) is 22.5. The Kier molecular flexibility index (Phi) is 10.5. The van der Waals surface area contributed by atoms with Gasteiger partial charge in [-0.15, -0.1) is 0 Å². The number of hydrogen-bond acceptors (Lipinski definition) is 5. The van der Waals surface area contributed by atoms with E-state index in [4.69, 9.17) is 4.74 Å². The molecule has 2 atom stereocenters. The molecule has 0 spiro atoms. The highest BCUT2D eigenvalue weighted by atomic mass is 79.9. The molecule has 0 heterocycles. The van der Waals surface area contributed by atoms with Crippen LogP contribution in [-0.4, -0.2) is 50.0 Å². The maximum absolute atomic E-state index is 13.7. The third-order valence-corrected chi connectivity index (χ3v) is 7.83. The molecule has 0 unspecified atom stereocenters. The summed E-state index contributed by atoms with van der Waals surface area (Å²) in [5.41, 5.74) is 1.11. The van der Waals surface area contributed by atoms with Gasteiger partial charge in [-0.1, -0.05) is 53.2 Å². The van der Waals surface area contributed by atoms with Crippen molar-refractivity contribution in [2.24, 2.45) is 0 Å². The normalized spacial score (nSPS) is 12.7. The standard InChI is InChI=1S/C29H34BrN3O5S/c1-5-21(2)31-29(35)22(3)32(19-23-10-9-11-24(30)18-23)28(34)20-33(39(4,36)37)25-14-16-27(17-15-25)38-26-12-7-6-8-13-26/h6-18,21-22H,5,19-20H2,1-4H3,(H,31,35)/t21-,22+/m1/s1. The highest BCUT2D eigenvalue weighted by Crippen LogP contribution is 2.26. The molecule has 0 aliphatic heterocycles. The van der Waals surface area contributed by atoms with Crippen LogP contribution in [0.15, 0.2) is 83.3 Å². The van der Waals surface area contributed by atoms with Crippen molar-refractivity contribution in [3.63, 3.8) is 0 Å². The molecule has 0 saturated heterocycles. The van der Waals surface area contributed by atoms with Gasteiger partial charge in [0.15, 0.2) is 0 Å². The fourth-order valence-corrected chi connectivity index (χ4v) is 5.10. The number of para-hydroxylation sites is 1. The van der Waals surface area contributed by atoms with E-state index in [1.165, 1.54) is 4.90 Å². The first-order chi connectivity index (χ1) is 18.5. The van der Waals surface area contributed by atoms with Crippen molar-refractivity contribution in [3.8, 4) is 11.5 Å². The lowest BCUT2D eigenvalue weighted by Crippen LogP contribution is -2.52. The number of ether oxygens (including phenoxy) is 1. The van der Waals surface area contributed by atoms with Crippen LogP contribution in [0.25, 0.3) is 0 Å². The Balaban J connectivity index is 1.86. The minimum atomic E-state index is -3.83. The van der Waals surface area contributed by atoms with Crippen molar-refractivity contribution < 1.29 is 22.7 Å². The van der Waals surface area contributed by atoms with Gasteiger partial charge in [0.2, 0.25) is 21.8 Å². The molecule has 3 aromatic rings. The minimum Gasteiger partial charge on any atom is -0.457 e. The number of halogens is 1. The highest BCUT2D eigenvalue weighted by molar-refractivity contribution is 9.10. The molecule has 3 rings (SSSR count). The van der Waals surface area contributed by atoms with Gasteiger partial charge in [0.25, 0.3) is 0 Å². The molecule has 3 aromatic carbocycles. The molecule has 0 bridgehead atoms. The molecule has 39 heavy (non-hydrogen) atoms. The zero-order valence-corrected chi connectivity index (χ0v) is 24.9. The van der Waals surface area contributed by atoms with Gasteiger partial charge in [0.1, 0.15) is 24.1 Å². The molecule has 0 aliphatic rings. The lowest BCUT2D eigenvalue weighted by Gasteiger charge is -2.32. The van der Waals surface area contributed by atoms with Crippen molar-refractivity contribution in [3.05, 3.63) is 88.9 Å². The summed E-state index contributed by atoms with van der Waals surface area (Å²) in [5.74, 6) is 0.363. The minimum absolute atomic E-state index is 0.0630. The number of benzene rings is 3. The van der Waals surface area contributed by atoms with Crippen LogP contribution < -0.4 is 14.4 Å². The molecular weight excluding hydrogens is 582 g/mol. The van der Waals surface area contributed by atoms with Crippen LogP contribution in [0.3, 0.4) is 0 Å². The van der Waals surface area contributed by atoms with Crippen LogP contribution in [-0.2, 0) is 26.2 Å². The first-order valence-electron chi connectivity index (χ1n) is 12.6. The number of nitrogens with one attached hydrogen (secondary N) is 1. The van der Waals surface area contributed by atoms with E-state index >= 15 is 0 Å². The zero-order chi connectivity index (χ0) is 28.6. The van der Waals surface area contributed by atoms with Gasteiger partial charge in [-0.25, -0.2) is 8.42 Å². The quantitative estimate of drug-likeness (QED) is 0.297. The summed E-state index contributed by atoms with van der Waals surface area (Å²) in [7, 11) is -3.83. The molecule has 8 nitrogen and oxygen atoms in total. The van der Waals surface area contributed by atoms with E-state index in [0.717, 1.165) is 27.0 Å². The predicted octanol–water partition coefficient (Wildman–Crippen LogP) is 5.34. The fraction of sp³-hybridized carbons (Fsp3) is 0.310. The van der Waals surface area contributed by atoms with Gasteiger partial charge in [0.05, 0.1) is 11.9 Å². The van der Waals surface area contributed by atoms with Gasteiger partial charge >= 0.3 is 0 Å². The van der Waals surface area contributed by atoms with Crippen molar-refractivity contribution in [2.75, 3.05) is 17.1 Å². The summed E-state index contributed by atoms with van der Waals surface area (Å²) in [6, 6.07) is 22.2. The third kappa shape index (κ3) is 8.83. The maximum atomic E-state index is 13.7. The van der Waals surface area contributed by atoms with Crippen LogP contribution in [0.1, 0.15) is 32.8 Å². The topological polar surface area (TPSA) is 96.0 Å². The fourth-order valence-electron chi connectivity index (χ4n) is 3.80. The van der Waals surface area contributed by atoms with E-state index in [2.05, 4.69) is 21.2 Å². The summed E-state index contributed by atoms with van der Waals surface area (Å²) < 4.78 is 33.3. The Hall–Kier alpha value is -3.37. The molecule has 2 amide bonds. The lowest BCUT2D eigenvalue weighted by atomic mass is 10.1. The summed E-state index contributed by atoms with van der Waals surface area (Å²) in [6.07, 6.45) is 1.79. The number of carbonyl (C=O) groups is 2. The highest BCUT2D eigenvalue weighted by Gasteiger charge is 2.30. The monoisotopic (exact) mass is 615 g/mol. The second-order valence-electron chi connectivity index (χ2n) is 9.32. The Morgan fingerprint density at radius 3 is 2.18 bits per heavy atom. The first kappa shape index (κ1) is 30.2. The summed E-state index contributed by atoms with van der Waals surface area (Å²) in [5, 5.41) is 2.92. The number of sulfonamides is 1. The summed E-state index contributed by atoms with van der Waals surface area (Å²) in [4.78, 5) is 28.1. The molecule has 0 saturated carbocycles. The van der Waals surface area contributed by atoms with E-state index < -0.39 is 28.5 Å². The van der Waals surface area contributed by atoms with Crippen LogP contribution >= 0.6 is 15.9 Å². The number of rotatable bonds is 12. The number of anilines is 1. The van der Waals surface area contributed by atoms with Crippen LogP contribution in [0.4, 0.5) is 5.69 Å². The van der Waals surface area contributed by atoms with Crippen molar-refractivity contribution in [1.29, 1.82) is 0 Å². The predicted molar refractivity (Wildman–Crippen MR) is 157 cm³/mol. The van der Waals surface area contributed by atoms with Crippen molar-refractivity contribution >= 4 is 43.5 Å². The molecule has 208 valence electrons. The van der Waals surface area contributed by atoms with Crippen molar-refractivity contribution in [2.45, 2.75) is 45.8 Å².